The summed E-state index contributed by atoms with van der Waals surface area (Å²) in [6.07, 6.45) is 0. The first-order valence-corrected chi connectivity index (χ1v) is 6.03. The molecule has 0 spiro atoms. The summed E-state index contributed by atoms with van der Waals surface area (Å²) in [7, 11) is 0. The summed E-state index contributed by atoms with van der Waals surface area (Å²) >= 11 is 5.83. The van der Waals surface area contributed by atoms with Crippen LogP contribution in [-0.4, -0.2) is 11.0 Å². The van der Waals surface area contributed by atoms with Gasteiger partial charge in [-0.3, -0.25) is 4.79 Å². The molecule has 0 fully saturated rings. The Hall–Kier alpha value is -1.61. The Morgan fingerprint density at radius 3 is 2.61 bits per heavy atom. The molecule has 0 aliphatic rings. The average Bonchev–Trinajstić information content (AvgIpc) is 2.27. The van der Waals surface area contributed by atoms with E-state index in [4.69, 9.17) is 16.3 Å². The molecule has 0 bridgehead atoms. The van der Waals surface area contributed by atoms with Gasteiger partial charge in [0.1, 0.15) is 10.9 Å². The van der Waals surface area contributed by atoms with Crippen molar-refractivity contribution < 1.29 is 9.53 Å². The number of hydrogen-bond acceptors (Lipinski definition) is 3. The molecule has 0 aliphatic heterocycles. The lowest BCUT2D eigenvalue weighted by molar-refractivity contribution is -0.142. The van der Waals surface area contributed by atoms with Gasteiger partial charge < -0.3 is 4.74 Å². The maximum Gasteiger partial charge on any atom is 0.316 e. The molecule has 0 atom stereocenters. The van der Waals surface area contributed by atoms with Crippen molar-refractivity contribution in [1.29, 1.82) is 0 Å². The molecule has 0 saturated carbocycles. The minimum Gasteiger partial charge on any atom is -0.425 e. The van der Waals surface area contributed by atoms with Crippen LogP contribution in [0, 0.1) is 5.41 Å². The number of pyridine rings is 1. The van der Waals surface area contributed by atoms with E-state index in [2.05, 4.69) is 4.98 Å². The second-order valence-electron chi connectivity index (χ2n) is 5.10. The molecular formula is C14H14ClNO2. The molecule has 0 N–H and O–H groups in total. The maximum atomic E-state index is 11.9. The molecule has 0 aliphatic carbocycles. The number of halogens is 1. The third kappa shape index (κ3) is 2.62. The summed E-state index contributed by atoms with van der Waals surface area (Å²) in [5.41, 5.74) is 0.170. The van der Waals surface area contributed by atoms with E-state index in [9.17, 15) is 4.79 Å². The van der Waals surface area contributed by atoms with Gasteiger partial charge in [0.25, 0.3) is 0 Å². The zero-order chi connectivity index (χ0) is 13.3. The summed E-state index contributed by atoms with van der Waals surface area (Å²) in [6.45, 7) is 5.45. The van der Waals surface area contributed by atoms with E-state index >= 15 is 0 Å². The highest BCUT2D eigenvalue weighted by Gasteiger charge is 2.24. The predicted octanol–water partition coefficient (Wildman–Crippen LogP) is 3.84. The van der Waals surface area contributed by atoms with Crippen LogP contribution in [0.4, 0.5) is 0 Å². The Labute approximate surface area is 111 Å². The molecule has 2 aromatic rings. The largest absolute Gasteiger partial charge is 0.425 e. The number of carbonyl (C=O) groups excluding carboxylic acids is 1. The van der Waals surface area contributed by atoms with Crippen LogP contribution in [-0.2, 0) is 4.79 Å². The van der Waals surface area contributed by atoms with Crippen LogP contribution in [0.3, 0.4) is 0 Å². The Morgan fingerprint density at radius 2 is 1.94 bits per heavy atom. The molecule has 1 heterocycles. The highest BCUT2D eigenvalue weighted by Crippen LogP contribution is 2.27. The molecule has 3 nitrogen and oxygen atoms in total. The number of carbonyl (C=O) groups is 1. The SMILES string of the molecule is CC(C)(C)C(=O)Oc1cccc2nc(Cl)ccc12. The number of rotatable bonds is 1. The second-order valence-corrected chi connectivity index (χ2v) is 5.48. The molecule has 18 heavy (non-hydrogen) atoms. The van der Waals surface area contributed by atoms with E-state index in [0.29, 0.717) is 16.4 Å². The van der Waals surface area contributed by atoms with Gasteiger partial charge in [0.15, 0.2) is 0 Å². The van der Waals surface area contributed by atoms with Crippen LogP contribution >= 0.6 is 11.6 Å². The molecule has 2 rings (SSSR count). The van der Waals surface area contributed by atoms with Gasteiger partial charge >= 0.3 is 5.97 Å². The van der Waals surface area contributed by atoms with E-state index in [1.165, 1.54) is 0 Å². The molecule has 1 aromatic heterocycles. The first-order chi connectivity index (χ1) is 8.38. The van der Waals surface area contributed by atoms with Crippen LogP contribution in [0.15, 0.2) is 30.3 Å². The van der Waals surface area contributed by atoms with Crippen LogP contribution < -0.4 is 4.74 Å². The van der Waals surface area contributed by atoms with Gasteiger partial charge in [-0.25, -0.2) is 4.98 Å². The minimum atomic E-state index is -0.540. The number of benzene rings is 1. The summed E-state index contributed by atoms with van der Waals surface area (Å²) in [5.74, 6) is 0.238. The molecule has 0 unspecified atom stereocenters. The zero-order valence-corrected chi connectivity index (χ0v) is 11.3. The Balaban J connectivity index is 2.43. The first-order valence-electron chi connectivity index (χ1n) is 5.65. The first kappa shape index (κ1) is 12.8. The normalized spacial score (nSPS) is 11.6. The molecule has 0 saturated heterocycles. The zero-order valence-electron chi connectivity index (χ0n) is 10.5. The van der Waals surface area contributed by atoms with Gasteiger partial charge in [-0.2, -0.15) is 0 Å². The lowest BCUT2D eigenvalue weighted by Crippen LogP contribution is -2.25. The third-order valence-corrected chi connectivity index (χ3v) is 2.68. The summed E-state index contributed by atoms with van der Waals surface area (Å²) in [4.78, 5) is 16.1. The third-order valence-electron chi connectivity index (χ3n) is 2.47. The van der Waals surface area contributed by atoms with Crippen molar-refractivity contribution in [2.24, 2.45) is 5.41 Å². The molecule has 94 valence electrons. The van der Waals surface area contributed by atoms with Crippen LogP contribution in [0.2, 0.25) is 5.15 Å². The standard InChI is InChI=1S/C14H14ClNO2/c1-14(2,3)13(17)18-11-6-4-5-10-9(11)7-8-12(15)16-10/h4-8H,1-3H3. The lowest BCUT2D eigenvalue weighted by atomic mass is 9.97. The van der Waals surface area contributed by atoms with Crippen molar-refractivity contribution in [2.45, 2.75) is 20.8 Å². The van der Waals surface area contributed by atoms with E-state index in [1.54, 1.807) is 24.3 Å². The number of hydrogen-bond donors (Lipinski definition) is 0. The number of aromatic nitrogens is 1. The fraction of sp³-hybridized carbons (Fsp3) is 0.286. The Kier molecular flexibility index (Phi) is 3.26. The van der Waals surface area contributed by atoms with Gasteiger partial charge in [0, 0.05) is 5.39 Å². The maximum absolute atomic E-state index is 11.9. The van der Waals surface area contributed by atoms with Crippen molar-refractivity contribution >= 4 is 28.5 Å². The second kappa shape index (κ2) is 4.58. The van der Waals surface area contributed by atoms with Gasteiger partial charge in [-0.15, -0.1) is 0 Å². The van der Waals surface area contributed by atoms with E-state index in [0.717, 1.165) is 5.39 Å². The van der Waals surface area contributed by atoms with Gasteiger partial charge in [0.05, 0.1) is 10.9 Å². The summed E-state index contributed by atoms with van der Waals surface area (Å²) < 4.78 is 5.41. The molecule has 0 radical (unpaired) electrons. The van der Waals surface area contributed by atoms with E-state index in [1.807, 2.05) is 26.8 Å². The van der Waals surface area contributed by atoms with E-state index in [-0.39, 0.29) is 5.97 Å². The van der Waals surface area contributed by atoms with Crippen LogP contribution in [0.25, 0.3) is 10.9 Å². The number of fused-ring (bicyclic) bond motifs is 1. The number of esters is 1. The fourth-order valence-corrected chi connectivity index (χ4v) is 1.60. The van der Waals surface area contributed by atoms with Crippen molar-refractivity contribution in [2.75, 3.05) is 0 Å². The quantitative estimate of drug-likeness (QED) is 0.446. The number of nitrogens with zero attached hydrogens (tertiary/aromatic N) is 1. The highest BCUT2D eigenvalue weighted by molar-refractivity contribution is 6.29. The van der Waals surface area contributed by atoms with Crippen LogP contribution in [0.1, 0.15) is 20.8 Å². The highest BCUT2D eigenvalue weighted by atomic mass is 35.5. The Morgan fingerprint density at radius 1 is 1.22 bits per heavy atom. The summed E-state index contributed by atoms with van der Waals surface area (Å²) in [5, 5.41) is 1.20. The molecule has 4 heteroatoms. The van der Waals surface area contributed by atoms with Crippen molar-refractivity contribution in [3.05, 3.63) is 35.5 Å². The molecule has 1 aromatic carbocycles. The molecule has 0 amide bonds. The van der Waals surface area contributed by atoms with Gasteiger partial charge in [-0.05, 0) is 45.0 Å². The topological polar surface area (TPSA) is 39.2 Å². The summed E-state index contributed by atoms with van der Waals surface area (Å²) in [6, 6.07) is 8.85. The van der Waals surface area contributed by atoms with Crippen molar-refractivity contribution in [1.82, 2.24) is 4.98 Å². The molecular weight excluding hydrogens is 250 g/mol. The van der Waals surface area contributed by atoms with Crippen molar-refractivity contribution in [3.8, 4) is 5.75 Å². The fourth-order valence-electron chi connectivity index (χ4n) is 1.44. The average molecular weight is 264 g/mol. The Bertz CT molecular complexity index is 602. The van der Waals surface area contributed by atoms with Gasteiger partial charge in [-0.1, -0.05) is 17.7 Å². The van der Waals surface area contributed by atoms with E-state index < -0.39 is 5.41 Å². The van der Waals surface area contributed by atoms with Crippen LogP contribution in [0.5, 0.6) is 5.75 Å². The predicted molar refractivity (Wildman–Crippen MR) is 71.8 cm³/mol. The minimum absolute atomic E-state index is 0.273. The number of ether oxygens (including phenoxy) is 1. The van der Waals surface area contributed by atoms with Gasteiger partial charge in [0.2, 0.25) is 0 Å². The monoisotopic (exact) mass is 263 g/mol. The smallest absolute Gasteiger partial charge is 0.316 e. The van der Waals surface area contributed by atoms with Crippen molar-refractivity contribution in [3.63, 3.8) is 0 Å². The lowest BCUT2D eigenvalue weighted by Gasteiger charge is -2.17.